The molecule has 0 aliphatic carbocycles. The fourth-order valence-corrected chi connectivity index (χ4v) is 1.65. The van der Waals surface area contributed by atoms with E-state index in [1.165, 1.54) is 5.56 Å². The topological polar surface area (TPSA) is 43.4 Å². The van der Waals surface area contributed by atoms with E-state index >= 15 is 0 Å². The van der Waals surface area contributed by atoms with Crippen molar-refractivity contribution in [2.24, 2.45) is 0 Å². The number of hydrogen-bond acceptors (Lipinski definition) is 4. The van der Waals surface area contributed by atoms with Crippen molar-refractivity contribution in [3.8, 4) is 0 Å². The highest BCUT2D eigenvalue weighted by Crippen LogP contribution is 2.04. The molecular formula is C14H24N2O2. The lowest BCUT2D eigenvalue weighted by Gasteiger charge is -2.16. The average molecular weight is 252 g/mol. The number of nitrogens with one attached hydrogen (secondary N) is 1. The van der Waals surface area contributed by atoms with Crippen molar-refractivity contribution in [3.63, 3.8) is 0 Å². The fraction of sp³-hybridized carbons (Fsp3) is 0.643. The van der Waals surface area contributed by atoms with E-state index in [0.29, 0.717) is 25.9 Å². The van der Waals surface area contributed by atoms with Gasteiger partial charge in [0.2, 0.25) is 0 Å². The quantitative estimate of drug-likeness (QED) is 0.675. The van der Waals surface area contributed by atoms with Crippen molar-refractivity contribution in [1.82, 2.24) is 10.3 Å². The predicted molar refractivity (Wildman–Crippen MR) is 72.9 cm³/mol. The van der Waals surface area contributed by atoms with E-state index in [2.05, 4.69) is 29.4 Å². The van der Waals surface area contributed by atoms with Crippen molar-refractivity contribution in [3.05, 3.63) is 29.6 Å². The third kappa shape index (κ3) is 5.58. The van der Waals surface area contributed by atoms with Crippen molar-refractivity contribution >= 4 is 0 Å². The van der Waals surface area contributed by atoms with Crippen molar-refractivity contribution in [2.75, 3.05) is 34.0 Å². The summed E-state index contributed by atoms with van der Waals surface area (Å²) in [6, 6.07) is 4.53. The van der Waals surface area contributed by atoms with Gasteiger partial charge in [-0.3, -0.25) is 4.98 Å². The third-order valence-corrected chi connectivity index (χ3v) is 2.91. The Morgan fingerprint density at radius 2 is 2.17 bits per heavy atom. The van der Waals surface area contributed by atoms with Crippen molar-refractivity contribution < 1.29 is 9.47 Å². The summed E-state index contributed by atoms with van der Waals surface area (Å²) in [5, 5.41) is 3.25. The number of methoxy groups -OCH3 is 1. The number of pyridine rings is 1. The van der Waals surface area contributed by atoms with Gasteiger partial charge in [0.25, 0.3) is 0 Å². The number of aryl methyl sites for hydroxylation is 1. The van der Waals surface area contributed by atoms with E-state index < -0.39 is 0 Å². The maximum atomic E-state index is 5.53. The molecule has 0 amide bonds. The van der Waals surface area contributed by atoms with Gasteiger partial charge in [-0.05, 0) is 25.1 Å². The van der Waals surface area contributed by atoms with Crippen LogP contribution in [0.5, 0.6) is 0 Å². The maximum absolute atomic E-state index is 5.53. The van der Waals surface area contributed by atoms with Crippen LogP contribution in [0.4, 0.5) is 0 Å². The van der Waals surface area contributed by atoms with Crippen LogP contribution in [0.15, 0.2) is 18.3 Å². The van der Waals surface area contributed by atoms with Gasteiger partial charge in [0, 0.05) is 31.5 Å². The highest BCUT2D eigenvalue weighted by Gasteiger charge is 2.08. The average Bonchev–Trinajstić information content (AvgIpc) is 2.43. The molecule has 1 heterocycles. The minimum Gasteiger partial charge on any atom is -0.382 e. The predicted octanol–water partition coefficient (Wildman–Crippen LogP) is 1.44. The summed E-state index contributed by atoms with van der Waals surface area (Å²) in [5.41, 5.74) is 2.37. The Labute approximate surface area is 110 Å². The lowest BCUT2D eigenvalue weighted by atomic mass is 10.1. The molecule has 1 atom stereocenters. The van der Waals surface area contributed by atoms with Crippen LogP contribution in [0.1, 0.15) is 18.2 Å². The van der Waals surface area contributed by atoms with Crippen LogP contribution in [-0.2, 0) is 22.3 Å². The van der Waals surface area contributed by atoms with E-state index in [4.69, 9.17) is 9.47 Å². The summed E-state index contributed by atoms with van der Waals surface area (Å²) >= 11 is 0. The molecule has 1 rings (SSSR count). The number of rotatable bonds is 9. The van der Waals surface area contributed by atoms with Crippen LogP contribution in [0.3, 0.4) is 0 Å². The molecule has 4 heteroatoms. The van der Waals surface area contributed by atoms with E-state index in [1.54, 1.807) is 7.11 Å². The highest BCUT2D eigenvalue weighted by atomic mass is 16.5. The van der Waals surface area contributed by atoms with E-state index in [-0.39, 0.29) is 0 Å². The number of likely N-dealkylation sites (N-methyl/N-ethyl adjacent to an activating group) is 1. The Kier molecular flexibility index (Phi) is 7.57. The zero-order valence-corrected chi connectivity index (χ0v) is 11.6. The summed E-state index contributed by atoms with van der Waals surface area (Å²) in [7, 11) is 3.63. The van der Waals surface area contributed by atoms with Crippen LogP contribution in [0.25, 0.3) is 0 Å². The molecule has 0 saturated carbocycles. The molecule has 0 aliphatic rings. The molecule has 0 fully saturated rings. The second-order valence-corrected chi connectivity index (χ2v) is 4.27. The molecule has 4 nitrogen and oxygen atoms in total. The number of ether oxygens (including phenoxy) is 2. The summed E-state index contributed by atoms with van der Waals surface area (Å²) < 4.78 is 10.5. The molecular weight excluding hydrogens is 228 g/mol. The molecule has 1 unspecified atom stereocenters. The van der Waals surface area contributed by atoms with Crippen molar-refractivity contribution in [2.45, 2.75) is 25.8 Å². The standard InChI is InChI=1S/C14H24N2O2/c1-4-12-5-6-13(16-10-12)9-14(15-2)11-18-8-7-17-3/h5-6,10,14-15H,4,7-9,11H2,1-3H3. The Balaban J connectivity index is 2.36. The molecule has 0 aromatic carbocycles. The van der Waals surface area contributed by atoms with Gasteiger partial charge in [0.05, 0.1) is 19.8 Å². The molecule has 0 bridgehead atoms. The minimum absolute atomic E-state index is 0.293. The Morgan fingerprint density at radius 1 is 1.33 bits per heavy atom. The summed E-state index contributed by atoms with van der Waals surface area (Å²) in [4.78, 5) is 4.46. The van der Waals surface area contributed by atoms with Crippen LogP contribution in [0.2, 0.25) is 0 Å². The largest absolute Gasteiger partial charge is 0.382 e. The zero-order valence-electron chi connectivity index (χ0n) is 11.6. The van der Waals surface area contributed by atoms with E-state index in [0.717, 1.165) is 18.5 Å². The first-order valence-corrected chi connectivity index (χ1v) is 6.47. The second-order valence-electron chi connectivity index (χ2n) is 4.27. The number of hydrogen-bond donors (Lipinski definition) is 1. The lowest BCUT2D eigenvalue weighted by molar-refractivity contribution is 0.0596. The molecule has 0 radical (unpaired) electrons. The van der Waals surface area contributed by atoms with Gasteiger partial charge in [0.15, 0.2) is 0 Å². The first-order chi connectivity index (χ1) is 8.80. The Hall–Kier alpha value is -0.970. The fourth-order valence-electron chi connectivity index (χ4n) is 1.65. The van der Waals surface area contributed by atoms with Gasteiger partial charge in [-0.1, -0.05) is 13.0 Å². The second kappa shape index (κ2) is 9.03. The van der Waals surface area contributed by atoms with Crippen LogP contribution >= 0.6 is 0 Å². The van der Waals surface area contributed by atoms with Crippen molar-refractivity contribution in [1.29, 1.82) is 0 Å². The number of nitrogens with zero attached hydrogens (tertiary/aromatic N) is 1. The molecule has 102 valence electrons. The SMILES string of the molecule is CCc1ccc(CC(COCCOC)NC)nc1. The third-order valence-electron chi connectivity index (χ3n) is 2.91. The maximum Gasteiger partial charge on any atom is 0.0701 e. The molecule has 1 aromatic rings. The van der Waals surface area contributed by atoms with E-state index in [1.807, 2.05) is 13.2 Å². The molecule has 1 aromatic heterocycles. The van der Waals surface area contributed by atoms with Gasteiger partial charge in [-0.15, -0.1) is 0 Å². The minimum atomic E-state index is 0.293. The molecule has 0 aliphatic heterocycles. The van der Waals surface area contributed by atoms with Crippen LogP contribution < -0.4 is 5.32 Å². The first-order valence-electron chi connectivity index (χ1n) is 6.47. The molecule has 0 saturated heterocycles. The summed E-state index contributed by atoms with van der Waals surface area (Å²) in [6.45, 7) is 4.09. The van der Waals surface area contributed by atoms with Gasteiger partial charge in [0.1, 0.15) is 0 Å². The van der Waals surface area contributed by atoms with Gasteiger partial charge in [-0.25, -0.2) is 0 Å². The van der Waals surface area contributed by atoms with Gasteiger partial charge < -0.3 is 14.8 Å². The first kappa shape index (κ1) is 15.1. The summed E-state index contributed by atoms with van der Waals surface area (Å²) in [5.74, 6) is 0. The Bertz CT molecular complexity index is 314. The molecule has 1 N–H and O–H groups in total. The van der Waals surface area contributed by atoms with Crippen LogP contribution in [0, 0.1) is 0 Å². The summed E-state index contributed by atoms with van der Waals surface area (Å²) in [6.07, 6.45) is 3.87. The van der Waals surface area contributed by atoms with Gasteiger partial charge >= 0.3 is 0 Å². The zero-order chi connectivity index (χ0) is 13.2. The number of aromatic nitrogens is 1. The lowest BCUT2D eigenvalue weighted by Crippen LogP contribution is -2.33. The van der Waals surface area contributed by atoms with Gasteiger partial charge in [-0.2, -0.15) is 0 Å². The van der Waals surface area contributed by atoms with Crippen LogP contribution in [-0.4, -0.2) is 45.0 Å². The Morgan fingerprint density at radius 3 is 2.72 bits per heavy atom. The normalized spacial score (nSPS) is 12.6. The highest BCUT2D eigenvalue weighted by molar-refractivity contribution is 5.14. The van der Waals surface area contributed by atoms with E-state index in [9.17, 15) is 0 Å². The monoisotopic (exact) mass is 252 g/mol. The molecule has 0 spiro atoms. The smallest absolute Gasteiger partial charge is 0.0701 e. The molecule has 18 heavy (non-hydrogen) atoms.